The molecule has 0 unspecified atom stereocenters. The molecule has 3 rings (SSSR count). The first-order chi connectivity index (χ1) is 12.2. The van der Waals surface area contributed by atoms with Crippen LogP contribution in [0.15, 0.2) is 60.8 Å². The van der Waals surface area contributed by atoms with Crippen molar-refractivity contribution in [2.45, 2.75) is 13.5 Å². The first-order valence-electron chi connectivity index (χ1n) is 7.99. The molecule has 0 atom stereocenters. The lowest BCUT2D eigenvalue weighted by atomic mass is 10.2. The van der Waals surface area contributed by atoms with E-state index in [1.165, 1.54) is 5.56 Å². The number of hydrogen-bond acceptors (Lipinski definition) is 4. The summed E-state index contributed by atoms with van der Waals surface area (Å²) in [5.74, 6) is 1.35. The molecule has 0 aliphatic heterocycles. The number of nitrogens with one attached hydrogen (secondary N) is 1. The Morgan fingerprint density at radius 2 is 1.84 bits per heavy atom. The SMILES string of the molecule is CCN(Cc1ccccc1)c1nccc(Nc2ccc(Cl)cc2Cl)n1. The lowest BCUT2D eigenvalue weighted by Gasteiger charge is -2.21. The van der Waals surface area contributed by atoms with Gasteiger partial charge in [0.05, 0.1) is 10.7 Å². The molecule has 6 heteroatoms. The summed E-state index contributed by atoms with van der Waals surface area (Å²) < 4.78 is 0. The van der Waals surface area contributed by atoms with Crippen molar-refractivity contribution in [3.63, 3.8) is 0 Å². The minimum Gasteiger partial charge on any atom is -0.339 e. The van der Waals surface area contributed by atoms with Crippen molar-refractivity contribution in [3.05, 3.63) is 76.4 Å². The largest absolute Gasteiger partial charge is 0.339 e. The monoisotopic (exact) mass is 372 g/mol. The quantitative estimate of drug-likeness (QED) is 0.615. The molecule has 0 saturated heterocycles. The zero-order chi connectivity index (χ0) is 17.6. The van der Waals surface area contributed by atoms with Crippen LogP contribution < -0.4 is 10.2 Å². The van der Waals surface area contributed by atoms with E-state index in [0.29, 0.717) is 21.8 Å². The van der Waals surface area contributed by atoms with Crippen molar-refractivity contribution >= 4 is 40.7 Å². The molecule has 1 aromatic heterocycles. The Labute approximate surface area is 157 Å². The van der Waals surface area contributed by atoms with E-state index in [1.54, 1.807) is 18.3 Å². The van der Waals surface area contributed by atoms with Gasteiger partial charge in [-0.15, -0.1) is 0 Å². The molecule has 128 valence electrons. The molecule has 0 amide bonds. The summed E-state index contributed by atoms with van der Waals surface area (Å²) in [6.07, 6.45) is 1.74. The average Bonchev–Trinajstić information content (AvgIpc) is 2.63. The summed E-state index contributed by atoms with van der Waals surface area (Å²) >= 11 is 12.2. The Hall–Kier alpha value is -2.30. The van der Waals surface area contributed by atoms with Gasteiger partial charge in [-0.1, -0.05) is 53.5 Å². The Bertz CT molecular complexity index is 840. The first kappa shape index (κ1) is 17.5. The van der Waals surface area contributed by atoms with Crippen LogP contribution in [0.1, 0.15) is 12.5 Å². The van der Waals surface area contributed by atoms with Crippen LogP contribution in [0.3, 0.4) is 0 Å². The molecule has 2 aromatic carbocycles. The molecule has 0 aliphatic rings. The van der Waals surface area contributed by atoms with Gasteiger partial charge in [0.2, 0.25) is 5.95 Å². The van der Waals surface area contributed by atoms with Gasteiger partial charge in [0.25, 0.3) is 0 Å². The predicted octanol–water partition coefficient (Wildman–Crippen LogP) is 5.55. The summed E-state index contributed by atoms with van der Waals surface area (Å²) in [6, 6.07) is 17.4. The van der Waals surface area contributed by atoms with Crippen LogP contribution in [-0.4, -0.2) is 16.5 Å². The number of benzene rings is 2. The van der Waals surface area contributed by atoms with E-state index in [-0.39, 0.29) is 0 Å². The molecule has 4 nitrogen and oxygen atoms in total. The Balaban J connectivity index is 1.80. The van der Waals surface area contributed by atoms with Gasteiger partial charge in [-0.25, -0.2) is 4.98 Å². The van der Waals surface area contributed by atoms with Gasteiger partial charge in [0.1, 0.15) is 5.82 Å². The van der Waals surface area contributed by atoms with Crippen LogP contribution in [-0.2, 0) is 6.54 Å². The molecule has 0 spiro atoms. The minimum absolute atomic E-state index is 0.546. The minimum atomic E-state index is 0.546. The lowest BCUT2D eigenvalue weighted by Crippen LogP contribution is -2.24. The van der Waals surface area contributed by atoms with Gasteiger partial charge >= 0.3 is 0 Å². The summed E-state index contributed by atoms with van der Waals surface area (Å²) in [4.78, 5) is 11.1. The van der Waals surface area contributed by atoms with Crippen molar-refractivity contribution in [1.29, 1.82) is 0 Å². The summed E-state index contributed by atoms with van der Waals surface area (Å²) in [5, 5.41) is 4.36. The smallest absolute Gasteiger partial charge is 0.227 e. The van der Waals surface area contributed by atoms with E-state index in [1.807, 2.05) is 30.3 Å². The first-order valence-corrected chi connectivity index (χ1v) is 8.75. The maximum atomic E-state index is 6.22. The molecule has 1 N–H and O–H groups in total. The highest BCUT2D eigenvalue weighted by atomic mass is 35.5. The number of hydrogen-bond donors (Lipinski definition) is 1. The van der Waals surface area contributed by atoms with Crippen LogP contribution in [0.25, 0.3) is 0 Å². The zero-order valence-corrected chi connectivity index (χ0v) is 15.3. The third kappa shape index (κ3) is 4.62. The van der Waals surface area contributed by atoms with E-state index in [4.69, 9.17) is 23.2 Å². The second-order valence-corrected chi connectivity index (χ2v) is 6.33. The highest BCUT2D eigenvalue weighted by Crippen LogP contribution is 2.28. The van der Waals surface area contributed by atoms with Crippen LogP contribution >= 0.6 is 23.2 Å². The van der Waals surface area contributed by atoms with Gasteiger partial charge in [-0.2, -0.15) is 4.98 Å². The van der Waals surface area contributed by atoms with Gasteiger partial charge in [0, 0.05) is 24.3 Å². The highest BCUT2D eigenvalue weighted by Gasteiger charge is 2.10. The van der Waals surface area contributed by atoms with Crippen LogP contribution in [0, 0.1) is 0 Å². The van der Waals surface area contributed by atoms with Gasteiger partial charge in [-0.3, -0.25) is 0 Å². The van der Waals surface area contributed by atoms with E-state index < -0.39 is 0 Å². The molecule has 0 aliphatic carbocycles. The van der Waals surface area contributed by atoms with Crippen molar-refractivity contribution < 1.29 is 0 Å². The van der Waals surface area contributed by atoms with Crippen LogP contribution in [0.4, 0.5) is 17.5 Å². The number of halogens is 2. The third-order valence-electron chi connectivity index (χ3n) is 3.72. The molecular weight excluding hydrogens is 355 g/mol. The molecule has 3 aromatic rings. The second-order valence-electron chi connectivity index (χ2n) is 5.49. The number of rotatable bonds is 6. The molecule has 25 heavy (non-hydrogen) atoms. The van der Waals surface area contributed by atoms with E-state index in [2.05, 4.69) is 39.2 Å². The average molecular weight is 373 g/mol. The van der Waals surface area contributed by atoms with Gasteiger partial charge in [0.15, 0.2) is 0 Å². The fourth-order valence-electron chi connectivity index (χ4n) is 2.43. The number of aromatic nitrogens is 2. The zero-order valence-electron chi connectivity index (χ0n) is 13.8. The molecule has 0 fully saturated rings. The number of anilines is 3. The maximum absolute atomic E-state index is 6.22. The Morgan fingerprint density at radius 3 is 2.56 bits per heavy atom. The van der Waals surface area contributed by atoms with Crippen molar-refractivity contribution in [2.75, 3.05) is 16.8 Å². The highest BCUT2D eigenvalue weighted by molar-refractivity contribution is 6.36. The molecule has 0 saturated carbocycles. The maximum Gasteiger partial charge on any atom is 0.227 e. The fourth-order valence-corrected chi connectivity index (χ4v) is 2.88. The lowest BCUT2D eigenvalue weighted by molar-refractivity contribution is 0.792. The normalized spacial score (nSPS) is 10.5. The standard InChI is InChI=1S/C19H18Cl2N4/c1-2-25(13-14-6-4-3-5-7-14)19-22-11-10-18(24-19)23-17-9-8-15(20)12-16(17)21/h3-12H,2,13H2,1H3,(H,22,23,24). The van der Waals surface area contributed by atoms with Crippen LogP contribution in [0.5, 0.6) is 0 Å². The van der Waals surface area contributed by atoms with E-state index >= 15 is 0 Å². The summed E-state index contributed by atoms with van der Waals surface area (Å²) in [5.41, 5.74) is 1.97. The molecule has 0 radical (unpaired) electrons. The molecule has 0 bridgehead atoms. The Morgan fingerprint density at radius 1 is 1.04 bits per heavy atom. The van der Waals surface area contributed by atoms with E-state index in [0.717, 1.165) is 18.8 Å². The van der Waals surface area contributed by atoms with Crippen molar-refractivity contribution in [3.8, 4) is 0 Å². The molecule has 1 heterocycles. The summed E-state index contributed by atoms with van der Waals surface area (Å²) in [6.45, 7) is 3.64. The van der Waals surface area contributed by atoms with Crippen molar-refractivity contribution in [1.82, 2.24) is 9.97 Å². The third-order valence-corrected chi connectivity index (χ3v) is 4.27. The Kier molecular flexibility index (Phi) is 5.74. The van der Waals surface area contributed by atoms with Gasteiger partial charge < -0.3 is 10.2 Å². The number of nitrogens with zero attached hydrogens (tertiary/aromatic N) is 3. The topological polar surface area (TPSA) is 41.1 Å². The van der Waals surface area contributed by atoms with E-state index in [9.17, 15) is 0 Å². The van der Waals surface area contributed by atoms with Crippen LogP contribution in [0.2, 0.25) is 10.0 Å². The summed E-state index contributed by atoms with van der Waals surface area (Å²) in [7, 11) is 0. The predicted molar refractivity (Wildman–Crippen MR) is 105 cm³/mol. The molecular formula is C19H18Cl2N4. The fraction of sp³-hybridized carbons (Fsp3) is 0.158. The second kappa shape index (κ2) is 8.19. The van der Waals surface area contributed by atoms with Gasteiger partial charge in [-0.05, 0) is 36.8 Å². The van der Waals surface area contributed by atoms with Crippen molar-refractivity contribution in [2.24, 2.45) is 0 Å².